The third-order valence-electron chi connectivity index (χ3n) is 4.69. The van der Waals surface area contributed by atoms with Gasteiger partial charge in [0.1, 0.15) is 17.1 Å². The second kappa shape index (κ2) is 4.50. The predicted octanol–water partition coefficient (Wildman–Crippen LogP) is 2.81. The van der Waals surface area contributed by atoms with Crippen LogP contribution in [-0.4, -0.2) is 18.8 Å². The van der Waals surface area contributed by atoms with Crippen molar-refractivity contribution in [1.82, 2.24) is 0 Å². The van der Waals surface area contributed by atoms with Crippen molar-refractivity contribution in [3.05, 3.63) is 58.7 Å². The molecule has 1 heterocycles. The third-order valence-corrected chi connectivity index (χ3v) is 4.69. The van der Waals surface area contributed by atoms with E-state index in [1.165, 1.54) is 11.1 Å². The summed E-state index contributed by atoms with van der Waals surface area (Å²) in [5.41, 5.74) is 3.41. The van der Waals surface area contributed by atoms with Crippen LogP contribution in [-0.2, 0) is 18.4 Å². The Kier molecular flexibility index (Phi) is 2.73. The van der Waals surface area contributed by atoms with Gasteiger partial charge in [-0.1, -0.05) is 12.1 Å². The molecular formula is C18H18O3. The molecule has 0 aromatic heterocycles. The number of fused-ring (bicyclic) bond motifs is 2. The van der Waals surface area contributed by atoms with Crippen LogP contribution in [0.4, 0.5) is 0 Å². The van der Waals surface area contributed by atoms with E-state index in [9.17, 15) is 5.11 Å². The van der Waals surface area contributed by atoms with E-state index in [0.29, 0.717) is 0 Å². The van der Waals surface area contributed by atoms with Crippen LogP contribution in [0.3, 0.4) is 0 Å². The van der Waals surface area contributed by atoms with Crippen LogP contribution in [0.2, 0.25) is 0 Å². The largest absolute Gasteiger partial charge is 0.497 e. The first-order chi connectivity index (χ1) is 10.2. The Labute approximate surface area is 124 Å². The summed E-state index contributed by atoms with van der Waals surface area (Å²) >= 11 is 0. The third kappa shape index (κ3) is 1.84. The fourth-order valence-electron chi connectivity index (χ4n) is 3.48. The number of methoxy groups -OCH3 is 1. The highest BCUT2D eigenvalue weighted by Crippen LogP contribution is 2.44. The molecule has 21 heavy (non-hydrogen) atoms. The van der Waals surface area contributed by atoms with Crippen molar-refractivity contribution in [2.45, 2.75) is 24.9 Å². The second-order valence-corrected chi connectivity index (χ2v) is 5.80. The zero-order valence-corrected chi connectivity index (χ0v) is 12.1. The van der Waals surface area contributed by atoms with Gasteiger partial charge in [0.2, 0.25) is 0 Å². The normalized spacial score (nSPS) is 22.6. The van der Waals surface area contributed by atoms with Gasteiger partial charge in [-0.15, -0.1) is 0 Å². The molecule has 0 amide bonds. The number of hydrogen-bond acceptors (Lipinski definition) is 3. The molecule has 3 heteroatoms. The first kappa shape index (κ1) is 12.7. The first-order valence-electron chi connectivity index (χ1n) is 7.37. The molecule has 4 rings (SSSR count). The Morgan fingerprint density at radius 3 is 2.86 bits per heavy atom. The number of benzene rings is 2. The first-order valence-corrected chi connectivity index (χ1v) is 7.37. The van der Waals surface area contributed by atoms with Crippen molar-refractivity contribution in [2.75, 3.05) is 13.7 Å². The van der Waals surface area contributed by atoms with E-state index in [2.05, 4.69) is 12.1 Å². The van der Waals surface area contributed by atoms with E-state index >= 15 is 0 Å². The molecule has 1 aliphatic heterocycles. The van der Waals surface area contributed by atoms with Crippen LogP contribution in [0.1, 0.15) is 28.7 Å². The van der Waals surface area contributed by atoms with Crippen LogP contribution in [0.15, 0.2) is 36.4 Å². The van der Waals surface area contributed by atoms with Gasteiger partial charge in [-0.05, 0) is 59.4 Å². The molecule has 2 aromatic carbocycles. The van der Waals surface area contributed by atoms with E-state index in [-0.39, 0.29) is 0 Å². The number of rotatable bonds is 2. The van der Waals surface area contributed by atoms with Gasteiger partial charge in [0, 0.05) is 6.42 Å². The van der Waals surface area contributed by atoms with Gasteiger partial charge in [0.15, 0.2) is 0 Å². The highest BCUT2D eigenvalue weighted by atomic mass is 16.5. The Hall–Kier alpha value is -2.00. The smallest absolute Gasteiger partial charge is 0.122 e. The summed E-state index contributed by atoms with van der Waals surface area (Å²) in [6.07, 6.45) is 2.53. The lowest BCUT2D eigenvalue weighted by molar-refractivity contribution is 0.0826. The fourth-order valence-corrected chi connectivity index (χ4v) is 3.48. The molecule has 2 aliphatic rings. The van der Waals surface area contributed by atoms with E-state index in [1.54, 1.807) is 7.11 Å². The molecule has 1 N–H and O–H groups in total. The molecule has 0 bridgehead atoms. The molecule has 0 saturated carbocycles. The molecule has 1 aliphatic carbocycles. The minimum Gasteiger partial charge on any atom is -0.497 e. The van der Waals surface area contributed by atoms with Crippen LogP contribution in [0.5, 0.6) is 11.5 Å². The highest BCUT2D eigenvalue weighted by Gasteiger charge is 2.39. The van der Waals surface area contributed by atoms with Crippen LogP contribution in [0, 0.1) is 0 Å². The zero-order valence-electron chi connectivity index (χ0n) is 12.1. The van der Waals surface area contributed by atoms with Gasteiger partial charge >= 0.3 is 0 Å². The number of hydrogen-bond donors (Lipinski definition) is 1. The van der Waals surface area contributed by atoms with Crippen molar-refractivity contribution in [1.29, 1.82) is 0 Å². The molecule has 0 saturated heterocycles. The van der Waals surface area contributed by atoms with E-state index in [4.69, 9.17) is 9.47 Å². The fraction of sp³-hybridized carbons (Fsp3) is 0.333. The Balaban J connectivity index is 1.82. The minimum absolute atomic E-state index is 0.717. The van der Waals surface area contributed by atoms with Crippen molar-refractivity contribution >= 4 is 0 Å². The summed E-state index contributed by atoms with van der Waals surface area (Å²) in [7, 11) is 1.66. The molecule has 108 valence electrons. The Bertz CT molecular complexity index is 708. The monoisotopic (exact) mass is 282 g/mol. The Morgan fingerprint density at radius 2 is 2.00 bits per heavy atom. The number of aliphatic hydroxyl groups is 1. The summed E-state index contributed by atoms with van der Waals surface area (Å²) < 4.78 is 10.9. The maximum atomic E-state index is 11.3. The van der Waals surface area contributed by atoms with Gasteiger partial charge in [-0.2, -0.15) is 0 Å². The molecular weight excluding hydrogens is 264 g/mol. The molecule has 0 radical (unpaired) electrons. The van der Waals surface area contributed by atoms with Crippen LogP contribution < -0.4 is 9.47 Å². The van der Waals surface area contributed by atoms with E-state index in [0.717, 1.165) is 48.5 Å². The number of aryl methyl sites for hydroxylation is 1. The second-order valence-electron chi connectivity index (χ2n) is 5.80. The summed E-state index contributed by atoms with van der Waals surface area (Å²) in [5.74, 6) is 1.74. The highest BCUT2D eigenvalue weighted by molar-refractivity contribution is 5.51. The van der Waals surface area contributed by atoms with Crippen LogP contribution in [0.25, 0.3) is 0 Å². The molecule has 1 unspecified atom stereocenters. The summed E-state index contributed by atoms with van der Waals surface area (Å²) in [6.45, 7) is 0.738. The minimum atomic E-state index is -0.915. The van der Waals surface area contributed by atoms with Gasteiger partial charge in [0.05, 0.1) is 13.7 Å². The average molecular weight is 282 g/mol. The Morgan fingerprint density at radius 1 is 1.10 bits per heavy atom. The van der Waals surface area contributed by atoms with E-state index in [1.807, 2.05) is 24.3 Å². The summed E-state index contributed by atoms with van der Waals surface area (Å²) in [6, 6.07) is 12.0. The lowest BCUT2D eigenvalue weighted by atomic mass is 9.86. The lowest BCUT2D eigenvalue weighted by Crippen LogP contribution is -2.24. The quantitative estimate of drug-likeness (QED) is 0.920. The average Bonchev–Trinajstić information content (AvgIpc) is 3.12. The van der Waals surface area contributed by atoms with Gasteiger partial charge in [-0.3, -0.25) is 0 Å². The maximum Gasteiger partial charge on any atom is 0.122 e. The molecule has 1 atom stereocenters. The van der Waals surface area contributed by atoms with Gasteiger partial charge in [0.25, 0.3) is 0 Å². The summed E-state index contributed by atoms with van der Waals surface area (Å²) in [5, 5.41) is 11.3. The van der Waals surface area contributed by atoms with Gasteiger partial charge < -0.3 is 14.6 Å². The number of ether oxygens (including phenoxy) is 2. The van der Waals surface area contributed by atoms with Crippen LogP contribution >= 0.6 is 0 Å². The molecule has 0 spiro atoms. The van der Waals surface area contributed by atoms with Gasteiger partial charge in [-0.25, -0.2) is 0 Å². The topological polar surface area (TPSA) is 38.7 Å². The lowest BCUT2D eigenvalue weighted by Gasteiger charge is -2.25. The maximum absolute atomic E-state index is 11.3. The van der Waals surface area contributed by atoms with Crippen molar-refractivity contribution < 1.29 is 14.6 Å². The zero-order chi connectivity index (χ0) is 14.4. The van der Waals surface area contributed by atoms with Crippen molar-refractivity contribution in [2.24, 2.45) is 0 Å². The molecule has 2 aromatic rings. The predicted molar refractivity (Wildman–Crippen MR) is 80.0 cm³/mol. The standard InChI is InChI=1S/C18H18O3/c1-20-15-4-2-12-6-8-18(19,16(12)11-15)14-3-5-17-13(10-14)7-9-21-17/h2-5,10-11,19H,6-9H2,1H3. The SMILES string of the molecule is COc1ccc2c(c1)C(O)(c1ccc3c(c1)CCO3)CC2. The molecule has 3 nitrogen and oxygen atoms in total. The molecule has 0 fully saturated rings. The van der Waals surface area contributed by atoms with E-state index < -0.39 is 5.60 Å². The summed E-state index contributed by atoms with van der Waals surface area (Å²) in [4.78, 5) is 0. The van der Waals surface area contributed by atoms with Crippen molar-refractivity contribution in [3.8, 4) is 11.5 Å². The van der Waals surface area contributed by atoms with Crippen molar-refractivity contribution in [3.63, 3.8) is 0 Å².